The van der Waals surface area contributed by atoms with Crippen molar-refractivity contribution in [3.8, 4) is 5.69 Å². The maximum Gasteiger partial charge on any atom is 0.201 e. The van der Waals surface area contributed by atoms with Gasteiger partial charge in [0.05, 0.1) is 11.9 Å². The molecular formula is C14H16N2O3S. The lowest BCUT2D eigenvalue weighted by molar-refractivity contribution is 0.0946. The first-order chi connectivity index (χ1) is 9.25. The predicted octanol–water partition coefficient (Wildman–Crippen LogP) is 1.88. The Balaban J connectivity index is 2.52. The summed E-state index contributed by atoms with van der Waals surface area (Å²) in [5, 5.41) is 4.10. The molecule has 6 heteroatoms. The van der Waals surface area contributed by atoms with Crippen LogP contribution in [0, 0.1) is 0 Å². The van der Waals surface area contributed by atoms with Gasteiger partial charge in [-0.2, -0.15) is 5.10 Å². The summed E-state index contributed by atoms with van der Waals surface area (Å²) in [6.07, 6.45) is 2.55. The van der Waals surface area contributed by atoms with Crippen LogP contribution in [0.5, 0.6) is 0 Å². The van der Waals surface area contributed by atoms with Gasteiger partial charge in [-0.25, -0.2) is 13.1 Å². The lowest BCUT2D eigenvalue weighted by Crippen LogP contribution is -2.40. The minimum Gasteiger partial charge on any atom is -0.291 e. The van der Waals surface area contributed by atoms with Crippen LogP contribution in [0.15, 0.2) is 42.6 Å². The number of aromatic nitrogens is 2. The second kappa shape index (κ2) is 4.86. The van der Waals surface area contributed by atoms with Gasteiger partial charge in [-0.1, -0.05) is 18.2 Å². The number of ketones is 1. The first-order valence-electron chi connectivity index (χ1n) is 6.09. The van der Waals surface area contributed by atoms with Crippen molar-refractivity contribution in [3.05, 3.63) is 48.3 Å². The van der Waals surface area contributed by atoms with Gasteiger partial charge in [-0.15, -0.1) is 0 Å². The van der Waals surface area contributed by atoms with Crippen LogP contribution in [0.4, 0.5) is 0 Å². The molecule has 2 rings (SSSR count). The van der Waals surface area contributed by atoms with Crippen molar-refractivity contribution in [2.45, 2.75) is 18.6 Å². The predicted molar refractivity (Wildman–Crippen MR) is 76.8 cm³/mol. The molecule has 0 fully saturated rings. The largest absolute Gasteiger partial charge is 0.291 e. The molecule has 1 heterocycles. The summed E-state index contributed by atoms with van der Waals surface area (Å²) in [6, 6.07) is 10.6. The minimum absolute atomic E-state index is 0.256. The normalized spacial score (nSPS) is 12.3. The van der Waals surface area contributed by atoms with Crippen LogP contribution < -0.4 is 0 Å². The highest BCUT2D eigenvalue weighted by atomic mass is 32.2. The van der Waals surface area contributed by atoms with E-state index in [1.807, 2.05) is 18.2 Å². The van der Waals surface area contributed by atoms with E-state index < -0.39 is 20.4 Å². The Labute approximate surface area is 118 Å². The van der Waals surface area contributed by atoms with Gasteiger partial charge in [0.2, 0.25) is 5.78 Å². The summed E-state index contributed by atoms with van der Waals surface area (Å²) >= 11 is 0. The Morgan fingerprint density at radius 3 is 2.30 bits per heavy atom. The van der Waals surface area contributed by atoms with E-state index in [9.17, 15) is 13.2 Å². The Morgan fingerprint density at radius 2 is 1.75 bits per heavy atom. The molecule has 0 amide bonds. The highest BCUT2D eigenvalue weighted by molar-refractivity contribution is 7.92. The van der Waals surface area contributed by atoms with Crippen LogP contribution >= 0.6 is 0 Å². The summed E-state index contributed by atoms with van der Waals surface area (Å²) in [5.74, 6) is -0.471. The van der Waals surface area contributed by atoms with Crippen LogP contribution in [-0.2, 0) is 9.84 Å². The molecule has 0 aliphatic carbocycles. The lowest BCUT2D eigenvalue weighted by Gasteiger charge is -2.21. The Morgan fingerprint density at radius 1 is 1.15 bits per heavy atom. The standard InChI is InChI=1S/C14H16N2O3S/c1-14(2,20(3,18)19)13(17)12-9-10-15-16(12)11-7-5-4-6-8-11/h4-10H,1-3H3. The molecule has 0 aliphatic rings. The lowest BCUT2D eigenvalue weighted by atomic mass is 10.1. The van der Waals surface area contributed by atoms with E-state index in [1.165, 1.54) is 30.8 Å². The van der Waals surface area contributed by atoms with Gasteiger partial charge in [0.1, 0.15) is 10.4 Å². The fourth-order valence-corrected chi connectivity index (χ4v) is 2.17. The van der Waals surface area contributed by atoms with Crippen LogP contribution in [0.3, 0.4) is 0 Å². The van der Waals surface area contributed by atoms with E-state index in [-0.39, 0.29) is 5.69 Å². The van der Waals surface area contributed by atoms with Crippen LogP contribution in [0.1, 0.15) is 24.3 Å². The molecule has 0 unspecified atom stereocenters. The molecule has 0 bridgehead atoms. The van der Waals surface area contributed by atoms with E-state index in [2.05, 4.69) is 5.10 Å². The topological polar surface area (TPSA) is 69.0 Å². The molecule has 1 aromatic carbocycles. The summed E-state index contributed by atoms with van der Waals surface area (Å²) in [5.41, 5.74) is 0.969. The molecule has 0 atom stereocenters. The number of hydrogen-bond acceptors (Lipinski definition) is 4. The molecule has 0 saturated heterocycles. The van der Waals surface area contributed by atoms with Crippen molar-refractivity contribution in [1.29, 1.82) is 0 Å². The third kappa shape index (κ3) is 2.38. The molecule has 5 nitrogen and oxygen atoms in total. The van der Waals surface area contributed by atoms with Crippen molar-refractivity contribution >= 4 is 15.6 Å². The molecular weight excluding hydrogens is 276 g/mol. The van der Waals surface area contributed by atoms with Gasteiger partial charge in [0.15, 0.2) is 9.84 Å². The fraction of sp³-hybridized carbons (Fsp3) is 0.286. The second-order valence-electron chi connectivity index (χ2n) is 5.08. The molecule has 20 heavy (non-hydrogen) atoms. The van der Waals surface area contributed by atoms with Crippen molar-refractivity contribution in [2.24, 2.45) is 0 Å². The zero-order valence-electron chi connectivity index (χ0n) is 11.6. The van der Waals surface area contributed by atoms with Crippen molar-refractivity contribution in [2.75, 3.05) is 6.26 Å². The first kappa shape index (κ1) is 14.5. The van der Waals surface area contributed by atoms with Gasteiger partial charge in [-0.3, -0.25) is 4.79 Å². The average molecular weight is 292 g/mol. The van der Waals surface area contributed by atoms with Crippen molar-refractivity contribution in [3.63, 3.8) is 0 Å². The maximum absolute atomic E-state index is 12.5. The molecule has 0 N–H and O–H groups in total. The number of carbonyl (C=O) groups excluding carboxylic acids is 1. The van der Waals surface area contributed by atoms with E-state index in [4.69, 9.17) is 0 Å². The quantitative estimate of drug-likeness (QED) is 0.807. The molecule has 0 spiro atoms. The van der Waals surface area contributed by atoms with E-state index in [0.29, 0.717) is 5.69 Å². The van der Waals surface area contributed by atoms with E-state index in [0.717, 1.165) is 6.26 Å². The van der Waals surface area contributed by atoms with Gasteiger partial charge in [0.25, 0.3) is 0 Å². The van der Waals surface area contributed by atoms with Gasteiger partial charge in [0, 0.05) is 6.26 Å². The number of Topliss-reactive ketones (excluding diaryl/α,β-unsaturated/α-hetero) is 1. The minimum atomic E-state index is -3.52. The molecule has 0 radical (unpaired) electrons. The number of rotatable bonds is 4. The number of carbonyl (C=O) groups is 1. The van der Waals surface area contributed by atoms with Crippen molar-refractivity contribution in [1.82, 2.24) is 9.78 Å². The zero-order chi connectivity index (χ0) is 15.0. The highest BCUT2D eigenvalue weighted by Crippen LogP contribution is 2.22. The third-order valence-electron chi connectivity index (χ3n) is 3.35. The monoisotopic (exact) mass is 292 g/mol. The molecule has 1 aromatic heterocycles. The zero-order valence-corrected chi connectivity index (χ0v) is 12.4. The number of hydrogen-bond donors (Lipinski definition) is 0. The molecule has 0 saturated carbocycles. The summed E-state index contributed by atoms with van der Waals surface area (Å²) in [6.45, 7) is 2.82. The summed E-state index contributed by atoms with van der Waals surface area (Å²) < 4.78 is 23.5. The van der Waals surface area contributed by atoms with Gasteiger partial charge >= 0.3 is 0 Å². The van der Waals surface area contributed by atoms with Gasteiger partial charge < -0.3 is 0 Å². The second-order valence-corrected chi connectivity index (χ2v) is 7.64. The smallest absolute Gasteiger partial charge is 0.201 e. The number of sulfone groups is 1. The van der Waals surface area contributed by atoms with Gasteiger partial charge in [-0.05, 0) is 32.0 Å². The third-order valence-corrected chi connectivity index (χ3v) is 5.39. The Hall–Kier alpha value is -1.95. The van der Waals surface area contributed by atoms with E-state index >= 15 is 0 Å². The van der Waals surface area contributed by atoms with E-state index in [1.54, 1.807) is 12.1 Å². The summed E-state index contributed by atoms with van der Waals surface area (Å²) in [7, 11) is -3.52. The SMILES string of the molecule is CC(C)(C(=O)c1ccnn1-c1ccccc1)S(C)(=O)=O. The Bertz CT molecular complexity index is 731. The number of para-hydroxylation sites is 1. The number of nitrogens with zero attached hydrogens (tertiary/aromatic N) is 2. The Kier molecular flexibility index (Phi) is 3.52. The highest BCUT2D eigenvalue weighted by Gasteiger charge is 2.40. The summed E-state index contributed by atoms with van der Waals surface area (Å²) in [4.78, 5) is 12.5. The molecule has 0 aliphatic heterocycles. The van der Waals surface area contributed by atoms with Crippen LogP contribution in [0.2, 0.25) is 0 Å². The maximum atomic E-state index is 12.5. The van der Waals surface area contributed by atoms with Crippen LogP contribution in [-0.4, -0.2) is 35.0 Å². The fourth-order valence-electron chi connectivity index (χ4n) is 1.73. The average Bonchev–Trinajstić information content (AvgIpc) is 2.86. The first-order valence-corrected chi connectivity index (χ1v) is 7.98. The molecule has 106 valence electrons. The number of benzene rings is 1. The van der Waals surface area contributed by atoms with Crippen LogP contribution in [0.25, 0.3) is 5.69 Å². The molecule has 2 aromatic rings. The van der Waals surface area contributed by atoms with Crippen molar-refractivity contribution < 1.29 is 13.2 Å².